The van der Waals surface area contributed by atoms with Gasteiger partial charge in [0.15, 0.2) is 11.5 Å². The Morgan fingerprint density at radius 3 is 2.39 bits per heavy atom. The van der Waals surface area contributed by atoms with Gasteiger partial charge in [0.05, 0.1) is 36.8 Å². The van der Waals surface area contributed by atoms with E-state index in [1.165, 1.54) is 26.2 Å². The van der Waals surface area contributed by atoms with Gasteiger partial charge in [-0.2, -0.15) is 0 Å². The topological polar surface area (TPSA) is 77.0 Å². The second-order valence-electron chi connectivity index (χ2n) is 7.06. The summed E-state index contributed by atoms with van der Waals surface area (Å²) in [6.45, 7) is 4.61. The molecular weight excluding hydrogens is 484 g/mol. The normalized spacial score (nSPS) is 14.1. The number of aromatic nitrogens is 2. The van der Waals surface area contributed by atoms with Gasteiger partial charge in [0, 0.05) is 31.1 Å². The number of nitrogens with zero attached hydrogens (tertiary/aromatic N) is 4. The van der Waals surface area contributed by atoms with Gasteiger partial charge in [-0.25, -0.2) is 9.97 Å². The number of halogens is 1. The Morgan fingerprint density at radius 2 is 1.74 bits per heavy atom. The lowest BCUT2D eigenvalue weighted by Crippen LogP contribution is -2.49. The van der Waals surface area contributed by atoms with Crippen LogP contribution in [-0.4, -0.2) is 68.3 Å². The van der Waals surface area contributed by atoms with Gasteiger partial charge in [0.2, 0.25) is 5.75 Å². The van der Waals surface area contributed by atoms with E-state index >= 15 is 0 Å². The number of aryl methyl sites for hydroxylation is 1. The predicted octanol–water partition coefficient (Wildman–Crippen LogP) is 3.75. The molecule has 10 heteroatoms. The van der Waals surface area contributed by atoms with E-state index in [9.17, 15) is 4.79 Å². The zero-order chi connectivity index (χ0) is 22.1. The number of ether oxygens (including phenoxy) is 3. The summed E-state index contributed by atoms with van der Waals surface area (Å²) in [7, 11) is 4.60. The first-order valence-corrected chi connectivity index (χ1v) is 11.3. The first-order chi connectivity index (χ1) is 15.0. The molecular formula is C21H23BrN4O4S. The summed E-state index contributed by atoms with van der Waals surface area (Å²) >= 11 is 5.17. The van der Waals surface area contributed by atoms with E-state index in [1.807, 2.05) is 4.90 Å². The van der Waals surface area contributed by atoms with Crippen LogP contribution < -0.4 is 19.1 Å². The number of carbonyl (C=O) groups excluding carboxylic acids is 1. The molecule has 1 amide bonds. The molecule has 3 aromatic rings. The quantitative estimate of drug-likeness (QED) is 0.521. The van der Waals surface area contributed by atoms with E-state index in [-0.39, 0.29) is 5.91 Å². The van der Waals surface area contributed by atoms with Gasteiger partial charge >= 0.3 is 0 Å². The Balaban J connectivity index is 1.56. The molecule has 3 heterocycles. The highest BCUT2D eigenvalue weighted by Crippen LogP contribution is 2.45. The van der Waals surface area contributed by atoms with E-state index in [0.29, 0.717) is 53.5 Å². The third kappa shape index (κ3) is 3.89. The highest BCUT2D eigenvalue weighted by Gasteiger charge is 2.29. The minimum atomic E-state index is -0.0926. The van der Waals surface area contributed by atoms with Gasteiger partial charge < -0.3 is 24.0 Å². The zero-order valence-electron chi connectivity index (χ0n) is 17.8. The van der Waals surface area contributed by atoms with Gasteiger partial charge in [0.25, 0.3) is 5.91 Å². The Bertz CT molecular complexity index is 1130. The second-order valence-corrected chi connectivity index (χ2v) is 9.09. The fraction of sp³-hybridized carbons (Fsp3) is 0.381. The molecule has 0 spiro atoms. The van der Waals surface area contributed by atoms with E-state index < -0.39 is 0 Å². The third-order valence-electron chi connectivity index (χ3n) is 5.30. The number of hydrogen-bond donors (Lipinski definition) is 0. The molecule has 0 bridgehead atoms. The number of anilines is 1. The lowest BCUT2D eigenvalue weighted by molar-refractivity contribution is 0.0744. The largest absolute Gasteiger partial charge is 0.493 e. The number of carbonyl (C=O) groups is 1. The van der Waals surface area contributed by atoms with Crippen molar-refractivity contribution in [2.45, 2.75) is 6.92 Å². The Labute approximate surface area is 192 Å². The van der Waals surface area contributed by atoms with Gasteiger partial charge in [0.1, 0.15) is 17.0 Å². The van der Waals surface area contributed by atoms with Crippen LogP contribution in [0.1, 0.15) is 15.2 Å². The molecule has 31 heavy (non-hydrogen) atoms. The van der Waals surface area contributed by atoms with Crippen molar-refractivity contribution in [3.05, 3.63) is 33.4 Å². The molecule has 1 aliphatic heterocycles. The Kier molecular flexibility index (Phi) is 6.19. The number of amides is 1. The molecule has 4 rings (SSSR count). The van der Waals surface area contributed by atoms with Crippen molar-refractivity contribution < 1.29 is 19.0 Å². The molecule has 1 fully saturated rings. The summed E-state index contributed by atoms with van der Waals surface area (Å²) in [5.74, 6) is 2.15. The van der Waals surface area contributed by atoms with E-state index in [2.05, 4.69) is 43.8 Å². The minimum absolute atomic E-state index is 0.0926. The number of hydrogen-bond acceptors (Lipinski definition) is 8. The zero-order valence-corrected chi connectivity index (χ0v) is 20.2. The van der Waals surface area contributed by atoms with Crippen molar-refractivity contribution in [1.29, 1.82) is 0 Å². The number of piperazine rings is 1. The Morgan fingerprint density at radius 1 is 1.03 bits per heavy atom. The molecule has 8 nitrogen and oxygen atoms in total. The number of thiophene rings is 1. The molecule has 0 unspecified atom stereocenters. The van der Waals surface area contributed by atoms with Crippen LogP contribution in [-0.2, 0) is 0 Å². The Hall–Kier alpha value is -2.59. The molecule has 1 aromatic carbocycles. The smallest absolute Gasteiger partial charge is 0.255 e. The van der Waals surface area contributed by atoms with Crippen LogP contribution in [0.4, 0.5) is 5.82 Å². The molecule has 0 radical (unpaired) electrons. The maximum Gasteiger partial charge on any atom is 0.255 e. The van der Waals surface area contributed by atoms with Crippen molar-refractivity contribution in [1.82, 2.24) is 14.9 Å². The lowest BCUT2D eigenvalue weighted by Gasteiger charge is -2.36. The molecule has 0 saturated carbocycles. The summed E-state index contributed by atoms with van der Waals surface area (Å²) in [6, 6.07) is 3.81. The average Bonchev–Trinajstić information content (AvgIpc) is 3.18. The standard InChI is InChI=1S/C21H23BrN4O4S/c1-12-9-14-19(23-11-24-20(14)31-12)25-5-7-26(8-6-25)21(27)13-10-15(28-2)17(29-3)18(30-4)16(13)22/h9-11H,5-8H2,1-4H3. The van der Waals surface area contributed by atoms with Gasteiger partial charge in [-0.15, -0.1) is 11.3 Å². The summed E-state index contributed by atoms with van der Waals surface area (Å²) in [6.07, 6.45) is 1.61. The van der Waals surface area contributed by atoms with E-state index in [4.69, 9.17) is 14.2 Å². The molecule has 164 valence electrons. The maximum absolute atomic E-state index is 13.3. The molecule has 0 aliphatic carbocycles. The van der Waals surface area contributed by atoms with Crippen LogP contribution in [0.15, 0.2) is 22.9 Å². The van der Waals surface area contributed by atoms with Crippen LogP contribution in [0.5, 0.6) is 17.2 Å². The summed E-state index contributed by atoms with van der Waals surface area (Å²) in [4.78, 5) is 28.4. The van der Waals surface area contributed by atoms with Crippen molar-refractivity contribution in [3.8, 4) is 17.2 Å². The van der Waals surface area contributed by atoms with Crippen LogP contribution >= 0.6 is 27.3 Å². The molecule has 0 atom stereocenters. The number of methoxy groups -OCH3 is 3. The van der Waals surface area contributed by atoms with Crippen LogP contribution in [0, 0.1) is 6.92 Å². The number of rotatable bonds is 5. The fourth-order valence-electron chi connectivity index (χ4n) is 3.78. The monoisotopic (exact) mass is 506 g/mol. The maximum atomic E-state index is 13.3. The molecule has 2 aromatic heterocycles. The highest BCUT2D eigenvalue weighted by atomic mass is 79.9. The van der Waals surface area contributed by atoms with E-state index in [1.54, 1.807) is 23.7 Å². The van der Waals surface area contributed by atoms with Crippen molar-refractivity contribution in [3.63, 3.8) is 0 Å². The molecule has 1 saturated heterocycles. The molecule has 0 N–H and O–H groups in total. The summed E-state index contributed by atoms with van der Waals surface area (Å²) < 4.78 is 16.8. The van der Waals surface area contributed by atoms with Gasteiger partial charge in [-0.1, -0.05) is 0 Å². The number of fused-ring (bicyclic) bond motifs is 1. The highest BCUT2D eigenvalue weighted by molar-refractivity contribution is 9.10. The second kappa shape index (κ2) is 8.88. The SMILES string of the molecule is COc1cc(C(=O)N2CCN(c3ncnc4sc(C)cc34)CC2)c(Br)c(OC)c1OC. The van der Waals surface area contributed by atoms with Gasteiger partial charge in [-0.05, 0) is 35.0 Å². The average molecular weight is 507 g/mol. The first kappa shape index (κ1) is 21.6. The predicted molar refractivity (Wildman–Crippen MR) is 124 cm³/mol. The third-order valence-corrected chi connectivity index (χ3v) is 7.04. The fourth-order valence-corrected chi connectivity index (χ4v) is 5.25. The summed E-state index contributed by atoms with van der Waals surface area (Å²) in [5.41, 5.74) is 0.473. The lowest BCUT2D eigenvalue weighted by atomic mass is 10.1. The van der Waals surface area contributed by atoms with Crippen molar-refractivity contribution >= 4 is 49.2 Å². The number of benzene rings is 1. The van der Waals surface area contributed by atoms with Crippen molar-refractivity contribution in [2.24, 2.45) is 0 Å². The first-order valence-electron chi connectivity index (χ1n) is 9.72. The van der Waals surface area contributed by atoms with Crippen molar-refractivity contribution in [2.75, 3.05) is 52.4 Å². The van der Waals surface area contributed by atoms with Crippen LogP contribution in [0.25, 0.3) is 10.2 Å². The van der Waals surface area contributed by atoms with Crippen LogP contribution in [0.3, 0.4) is 0 Å². The van der Waals surface area contributed by atoms with Crippen LogP contribution in [0.2, 0.25) is 0 Å². The summed E-state index contributed by atoms with van der Waals surface area (Å²) in [5, 5.41) is 1.07. The van der Waals surface area contributed by atoms with E-state index in [0.717, 1.165) is 16.0 Å². The minimum Gasteiger partial charge on any atom is -0.493 e. The molecule has 1 aliphatic rings. The van der Waals surface area contributed by atoms with Gasteiger partial charge in [-0.3, -0.25) is 4.79 Å².